The molecule has 5 heteroatoms. The molecular formula is C17H24N2O2Si. The van der Waals surface area contributed by atoms with Gasteiger partial charge in [-0.1, -0.05) is 56.6 Å². The van der Waals surface area contributed by atoms with Crippen LogP contribution in [0.25, 0.3) is 5.69 Å². The molecule has 0 aliphatic carbocycles. The average molecular weight is 316 g/mol. The molecule has 0 unspecified atom stereocenters. The van der Waals surface area contributed by atoms with E-state index in [0.29, 0.717) is 0 Å². The van der Waals surface area contributed by atoms with Gasteiger partial charge in [-0.2, -0.15) is 5.10 Å². The van der Waals surface area contributed by atoms with Gasteiger partial charge in [-0.3, -0.25) is 0 Å². The first-order valence-corrected chi connectivity index (χ1v) is 10.5. The zero-order chi connectivity index (χ0) is 16.3. The van der Waals surface area contributed by atoms with Crippen LogP contribution in [0.3, 0.4) is 0 Å². The SMILES string of the molecule is CC[Si](CC)(CC)c1cc(C(=O)O)n(-c2ccc(C)cc2)n1. The number of aromatic nitrogens is 2. The Bertz CT molecular complexity index is 650. The van der Waals surface area contributed by atoms with Crippen molar-refractivity contribution in [3.63, 3.8) is 0 Å². The minimum atomic E-state index is -1.69. The minimum Gasteiger partial charge on any atom is -0.477 e. The highest BCUT2D eigenvalue weighted by atomic mass is 28.3. The smallest absolute Gasteiger partial charge is 0.354 e. The molecule has 0 radical (unpaired) electrons. The average Bonchev–Trinajstić information content (AvgIpc) is 2.96. The number of carbonyl (C=O) groups is 1. The second kappa shape index (κ2) is 6.48. The first-order valence-electron chi connectivity index (χ1n) is 7.88. The van der Waals surface area contributed by atoms with E-state index < -0.39 is 14.0 Å². The number of carboxylic acids is 1. The van der Waals surface area contributed by atoms with Gasteiger partial charge in [0.1, 0.15) is 8.07 Å². The molecule has 22 heavy (non-hydrogen) atoms. The number of hydrogen-bond acceptors (Lipinski definition) is 2. The van der Waals surface area contributed by atoms with Crippen molar-refractivity contribution in [1.29, 1.82) is 0 Å². The highest BCUT2D eigenvalue weighted by Gasteiger charge is 2.33. The molecule has 0 saturated carbocycles. The first kappa shape index (κ1) is 16.5. The molecule has 0 amide bonds. The number of hydrogen-bond donors (Lipinski definition) is 1. The van der Waals surface area contributed by atoms with E-state index in [9.17, 15) is 9.90 Å². The molecule has 118 valence electrons. The van der Waals surface area contributed by atoms with Crippen molar-refractivity contribution in [2.75, 3.05) is 0 Å². The number of rotatable bonds is 6. The summed E-state index contributed by atoms with van der Waals surface area (Å²) in [6.45, 7) is 8.61. The topological polar surface area (TPSA) is 55.1 Å². The number of carboxylic acid groups (broad SMARTS) is 1. The lowest BCUT2D eigenvalue weighted by molar-refractivity contribution is 0.0687. The van der Waals surface area contributed by atoms with Crippen LogP contribution >= 0.6 is 0 Å². The molecule has 2 rings (SSSR count). The summed E-state index contributed by atoms with van der Waals surface area (Å²) in [6, 6.07) is 12.9. The van der Waals surface area contributed by atoms with E-state index in [1.165, 1.54) is 0 Å². The van der Waals surface area contributed by atoms with Crippen molar-refractivity contribution in [3.8, 4) is 5.69 Å². The third kappa shape index (κ3) is 2.86. The molecule has 1 aromatic heterocycles. The van der Waals surface area contributed by atoms with Gasteiger partial charge >= 0.3 is 5.97 Å². The lowest BCUT2D eigenvalue weighted by Crippen LogP contribution is -2.46. The third-order valence-corrected chi connectivity index (χ3v) is 10.2. The molecule has 4 nitrogen and oxygen atoms in total. The summed E-state index contributed by atoms with van der Waals surface area (Å²) >= 11 is 0. The highest BCUT2D eigenvalue weighted by Crippen LogP contribution is 2.21. The van der Waals surface area contributed by atoms with Gasteiger partial charge in [0.15, 0.2) is 5.69 Å². The summed E-state index contributed by atoms with van der Waals surface area (Å²) in [6.07, 6.45) is 0. The molecule has 0 atom stereocenters. The van der Waals surface area contributed by atoms with Gasteiger partial charge < -0.3 is 5.11 Å². The van der Waals surface area contributed by atoms with Crippen LogP contribution < -0.4 is 5.32 Å². The maximum Gasteiger partial charge on any atom is 0.354 e. The molecule has 0 spiro atoms. The van der Waals surface area contributed by atoms with E-state index in [4.69, 9.17) is 5.10 Å². The minimum absolute atomic E-state index is 0.256. The molecule has 1 N–H and O–H groups in total. The molecule has 0 aliphatic heterocycles. The number of aryl methyl sites for hydroxylation is 1. The molecule has 0 bridgehead atoms. The maximum absolute atomic E-state index is 11.6. The Hall–Kier alpha value is -1.88. The van der Waals surface area contributed by atoms with E-state index in [1.54, 1.807) is 10.7 Å². The van der Waals surface area contributed by atoms with Crippen LogP contribution in [0.1, 0.15) is 36.8 Å². The van der Waals surface area contributed by atoms with Crippen molar-refractivity contribution in [2.45, 2.75) is 45.8 Å². The van der Waals surface area contributed by atoms with Crippen molar-refractivity contribution in [2.24, 2.45) is 0 Å². The van der Waals surface area contributed by atoms with Gasteiger partial charge in [-0.05, 0) is 25.1 Å². The quantitative estimate of drug-likeness (QED) is 0.829. The Morgan fingerprint density at radius 2 is 1.68 bits per heavy atom. The van der Waals surface area contributed by atoms with E-state index in [0.717, 1.165) is 34.7 Å². The fraction of sp³-hybridized carbons (Fsp3) is 0.412. The summed E-state index contributed by atoms with van der Waals surface area (Å²) in [5.41, 5.74) is 2.21. The lowest BCUT2D eigenvalue weighted by atomic mass is 10.2. The van der Waals surface area contributed by atoms with Gasteiger partial charge in [-0.25, -0.2) is 9.48 Å². The predicted molar refractivity (Wildman–Crippen MR) is 92.1 cm³/mol. The number of aromatic carboxylic acids is 1. The summed E-state index contributed by atoms with van der Waals surface area (Å²) in [5, 5.41) is 15.3. The largest absolute Gasteiger partial charge is 0.477 e. The number of benzene rings is 1. The van der Waals surface area contributed by atoms with Crippen LogP contribution in [0.5, 0.6) is 0 Å². The summed E-state index contributed by atoms with van der Waals surface area (Å²) in [7, 11) is -1.69. The Morgan fingerprint density at radius 1 is 1.14 bits per heavy atom. The van der Waals surface area contributed by atoms with Gasteiger partial charge in [0.2, 0.25) is 0 Å². The van der Waals surface area contributed by atoms with Gasteiger partial charge in [0, 0.05) is 5.32 Å². The third-order valence-electron chi connectivity index (χ3n) is 4.78. The Balaban J connectivity index is 2.60. The van der Waals surface area contributed by atoms with Crippen molar-refractivity contribution < 1.29 is 9.90 Å². The monoisotopic (exact) mass is 316 g/mol. The standard InChI is InChI=1S/C17H24N2O2Si/c1-5-22(6-2,7-3)16-12-15(17(20)21)19(18-16)14-10-8-13(4)9-11-14/h8-12H,5-7H2,1-4H3,(H,20,21). The van der Waals surface area contributed by atoms with Crippen LogP contribution in [-0.2, 0) is 0 Å². The van der Waals surface area contributed by atoms with Crippen molar-refractivity contribution in [1.82, 2.24) is 9.78 Å². The summed E-state index contributed by atoms with van der Waals surface area (Å²) < 4.78 is 1.58. The second-order valence-corrected chi connectivity index (χ2v) is 11.0. The van der Waals surface area contributed by atoms with Crippen LogP contribution in [0.2, 0.25) is 18.1 Å². The van der Waals surface area contributed by atoms with E-state index >= 15 is 0 Å². The number of nitrogens with zero attached hydrogens (tertiary/aromatic N) is 2. The fourth-order valence-corrected chi connectivity index (χ4v) is 6.31. The van der Waals surface area contributed by atoms with E-state index in [-0.39, 0.29) is 5.69 Å². The Morgan fingerprint density at radius 3 is 2.14 bits per heavy atom. The lowest BCUT2D eigenvalue weighted by Gasteiger charge is -2.25. The molecular weight excluding hydrogens is 292 g/mol. The zero-order valence-corrected chi connectivity index (χ0v) is 14.8. The van der Waals surface area contributed by atoms with Crippen molar-refractivity contribution >= 4 is 19.4 Å². The molecule has 0 saturated heterocycles. The molecule has 2 aromatic rings. The van der Waals surface area contributed by atoms with Gasteiger partial charge in [0.05, 0.1) is 5.69 Å². The van der Waals surface area contributed by atoms with Crippen LogP contribution in [0.4, 0.5) is 0 Å². The first-order chi connectivity index (χ1) is 10.5. The van der Waals surface area contributed by atoms with E-state index in [1.807, 2.05) is 31.2 Å². The van der Waals surface area contributed by atoms with Crippen LogP contribution in [0, 0.1) is 6.92 Å². The van der Waals surface area contributed by atoms with Gasteiger partial charge in [0.25, 0.3) is 0 Å². The zero-order valence-electron chi connectivity index (χ0n) is 13.8. The second-order valence-electron chi connectivity index (χ2n) is 5.81. The van der Waals surface area contributed by atoms with E-state index in [2.05, 4.69) is 20.8 Å². The molecule has 1 aromatic carbocycles. The maximum atomic E-state index is 11.6. The molecule has 0 fully saturated rings. The highest BCUT2D eigenvalue weighted by molar-refractivity contribution is 6.91. The van der Waals surface area contributed by atoms with Crippen LogP contribution in [0.15, 0.2) is 30.3 Å². The van der Waals surface area contributed by atoms with Crippen molar-refractivity contribution in [3.05, 3.63) is 41.6 Å². The fourth-order valence-electron chi connectivity index (χ4n) is 2.97. The summed E-state index contributed by atoms with van der Waals surface area (Å²) in [4.78, 5) is 11.6. The normalized spacial score (nSPS) is 11.6. The van der Waals surface area contributed by atoms with Gasteiger partial charge in [-0.15, -0.1) is 0 Å². The van der Waals surface area contributed by atoms with Crippen LogP contribution in [-0.4, -0.2) is 28.9 Å². The molecule has 1 heterocycles. The Kier molecular flexibility index (Phi) is 4.86. The molecule has 0 aliphatic rings. The Labute approximate surface area is 132 Å². The predicted octanol–water partition coefficient (Wildman–Crippen LogP) is 3.59. The summed E-state index contributed by atoms with van der Waals surface area (Å²) in [5.74, 6) is -0.925.